The Hall–Kier alpha value is -0.210. The fraction of sp³-hybridized carbons (Fsp3) is 1.00. The van der Waals surface area contributed by atoms with Crippen molar-refractivity contribution in [2.45, 2.75) is 50.4 Å². The van der Waals surface area contributed by atoms with E-state index in [1.165, 1.54) is 0 Å². The van der Waals surface area contributed by atoms with Gasteiger partial charge < -0.3 is 9.47 Å². The molecule has 0 spiro atoms. The van der Waals surface area contributed by atoms with Crippen LogP contribution in [-0.2, 0) is 19.7 Å². The number of hydrogen-bond acceptors (Lipinski definition) is 4. The normalized spacial score (nSPS) is 37.2. The van der Waals surface area contributed by atoms with Crippen LogP contribution in [0.15, 0.2) is 0 Å². The highest BCUT2D eigenvalue weighted by molar-refractivity contribution is 7.87. The molecule has 0 aromatic rings. The first-order chi connectivity index (χ1) is 9.15. The highest BCUT2D eigenvalue weighted by atomic mass is 32.2. The second-order valence-electron chi connectivity index (χ2n) is 5.56. The fourth-order valence-electron chi connectivity index (χ4n) is 3.19. The molecule has 3 atom stereocenters. The van der Waals surface area contributed by atoms with Crippen molar-refractivity contribution < 1.29 is 17.9 Å². The van der Waals surface area contributed by atoms with E-state index in [1.54, 1.807) is 4.31 Å². The van der Waals surface area contributed by atoms with Crippen molar-refractivity contribution in [2.75, 3.05) is 26.3 Å². The molecule has 1 saturated carbocycles. The van der Waals surface area contributed by atoms with Crippen LogP contribution in [0.5, 0.6) is 0 Å². The van der Waals surface area contributed by atoms with Crippen molar-refractivity contribution in [3.63, 3.8) is 0 Å². The largest absolute Gasteiger partial charge is 0.373 e. The van der Waals surface area contributed by atoms with Gasteiger partial charge >= 0.3 is 0 Å². The van der Waals surface area contributed by atoms with Crippen LogP contribution in [0.1, 0.15) is 32.1 Å². The predicted octanol–water partition coefficient (Wildman–Crippen LogP) is 0.253. The Kier molecular flexibility index (Phi) is 4.09. The minimum Gasteiger partial charge on any atom is -0.373 e. The first-order valence-electron chi connectivity index (χ1n) is 7.16. The van der Waals surface area contributed by atoms with E-state index in [4.69, 9.17) is 9.47 Å². The van der Waals surface area contributed by atoms with Crippen molar-refractivity contribution in [2.24, 2.45) is 0 Å². The van der Waals surface area contributed by atoms with Crippen molar-refractivity contribution in [1.29, 1.82) is 0 Å². The van der Waals surface area contributed by atoms with E-state index >= 15 is 0 Å². The lowest BCUT2D eigenvalue weighted by Crippen LogP contribution is -2.51. The molecule has 1 N–H and O–H groups in total. The number of hydrogen-bond donors (Lipinski definition) is 1. The quantitative estimate of drug-likeness (QED) is 0.809. The van der Waals surface area contributed by atoms with Crippen LogP contribution in [0, 0.1) is 0 Å². The van der Waals surface area contributed by atoms with Crippen LogP contribution in [0.2, 0.25) is 0 Å². The van der Waals surface area contributed by atoms with E-state index in [1.807, 2.05) is 0 Å². The zero-order valence-electron chi connectivity index (χ0n) is 11.1. The molecule has 110 valence electrons. The summed E-state index contributed by atoms with van der Waals surface area (Å²) in [7, 11) is -3.31. The fourth-order valence-corrected chi connectivity index (χ4v) is 4.71. The van der Waals surface area contributed by atoms with E-state index in [0.717, 1.165) is 32.1 Å². The Labute approximate surface area is 114 Å². The summed E-state index contributed by atoms with van der Waals surface area (Å²) in [6, 6.07) is -0.0199. The van der Waals surface area contributed by atoms with Crippen LogP contribution in [-0.4, -0.2) is 57.3 Å². The SMILES string of the molecule is O=S(=O)(NC1CCC2OCCOC2C1)N1CCCC1. The molecule has 0 aromatic carbocycles. The van der Waals surface area contributed by atoms with E-state index in [-0.39, 0.29) is 18.2 Å². The van der Waals surface area contributed by atoms with Crippen LogP contribution in [0.3, 0.4) is 0 Å². The summed E-state index contributed by atoms with van der Waals surface area (Å²) < 4.78 is 40.1. The maximum atomic E-state index is 12.2. The number of rotatable bonds is 3. The van der Waals surface area contributed by atoms with Crippen molar-refractivity contribution in [3.8, 4) is 0 Å². The second kappa shape index (κ2) is 5.65. The minimum absolute atomic E-state index is 0.0199. The Morgan fingerprint density at radius 3 is 2.42 bits per heavy atom. The van der Waals surface area contributed by atoms with Crippen LogP contribution < -0.4 is 4.72 Å². The third-order valence-corrected chi connectivity index (χ3v) is 5.88. The van der Waals surface area contributed by atoms with Gasteiger partial charge in [-0.15, -0.1) is 0 Å². The Balaban J connectivity index is 1.58. The molecule has 0 amide bonds. The van der Waals surface area contributed by atoms with Gasteiger partial charge in [0, 0.05) is 19.1 Å². The predicted molar refractivity (Wildman–Crippen MR) is 70.0 cm³/mol. The molecule has 7 heteroatoms. The number of nitrogens with one attached hydrogen (secondary N) is 1. The van der Waals surface area contributed by atoms with E-state index in [0.29, 0.717) is 26.3 Å². The Morgan fingerprint density at radius 1 is 1.00 bits per heavy atom. The maximum absolute atomic E-state index is 12.2. The van der Waals surface area contributed by atoms with E-state index < -0.39 is 10.2 Å². The molecule has 19 heavy (non-hydrogen) atoms. The van der Waals surface area contributed by atoms with Crippen LogP contribution in [0.4, 0.5) is 0 Å². The van der Waals surface area contributed by atoms with Gasteiger partial charge in [0.05, 0.1) is 25.4 Å². The van der Waals surface area contributed by atoms with Gasteiger partial charge in [0.25, 0.3) is 10.2 Å². The molecule has 3 rings (SSSR count). The van der Waals surface area contributed by atoms with Crippen molar-refractivity contribution in [1.82, 2.24) is 9.03 Å². The molecule has 3 unspecified atom stereocenters. The third-order valence-electron chi connectivity index (χ3n) is 4.20. The monoisotopic (exact) mass is 290 g/mol. The lowest BCUT2D eigenvalue weighted by Gasteiger charge is -2.39. The zero-order chi connectivity index (χ0) is 13.3. The minimum atomic E-state index is -3.31. The molecule has 3 aliphatic rings. The first kappa shape index (κ1) is 13.8. The van der Waals surface area contributed by atoms with Gasteiger partial charge in [-0.3, -0.25) is 0 Å². The summed E-state index contributed by atoms with van der Waals surface area (Å²) in [4.78, 5) is 0. The summed E-state index contributed by atoms with van der Waals surface area (Å²) in [6.07, 6.45) is 4.56. The molecule has 1 aliphatic carbocycles. The van der Waals surface area contributed by atoms with E-state index in [9.17, 15) is 8.42 Å². The number of fused-ring (bicyclic) bond motifs is 1. The number of ether oxygens (including phenoxy) is 2. The van der Waals surface area contributed by atoms with Crippen molar-refractivity contribution >= 4 is 10.2 Å². The molecule has 0 aromatic heterocycles. The highest BCUT2D eigenvalue weighted by Gasteiger charge is 2.37. The van der Waals surface area contributed by atoms with Gasteiger partial charge in [0.15, 0.2) is 0 Å². The molecule has 2 aliphatic heterocycles. The van der Waals surface area contributed by atoms with Crippen molar-refractivity contribution in [3.05, 3.63) is 0 Å². The Bertz CT molecular complexity index is 408. The zero-order valence-corrected chi connectivity index (χ0v) is 11.9. The lowest BCUT2D eigenvalue weighted by atomic mass is 9.90. The third kappa shape index (κ3) is 3.11. The molecule has 0 radical (unpaired) electrons. The first-order valence-corrected chi connectivity index (χ1v) is 8.60. The smallest absolute Gasteiger partial charge is 0.279 e. The van der Waals surface area contributed by atoms with Gasteiger partial charge in [0.1, 0.15) is 0 Å². The number of nitrogens with zero attached hydrogens (tertiary/aromatic N) is 1. The highest BCUT2D eigenvalue weighted by Crippen LogP contribution is 2.27. The topological polar surface area (TPSA) is 67.9 Å². The molecule has 3 fully saturated rings. The molecular formula is C12H22N2O4S. The summed E-state index contributed by atoms with van der Waals surface area (Å²) >= 11 is 0. The van der Waals surface area contributed by atoms with E-state index in [2.05, 4.69) is 4.72 Å². The summed E-state index contributed by atoms with van der Waals surface area (Å²) in [5.74, 6) is 0. The molecule has 0 bridgehead atoms. The summed E-state index contributed by atoms with van der Waals surface area (Å²) in [5, 5.41) is 0. The lowest BCUT2D eigenvalue weighted by molar-refractivity contribution is -0.156. The van der Waals surface area contributed by atoms with Gasteiger partial charge in [-0.1, -0.05) is 0 Å². The van der Waals surface area contributed by atoms with Gasteiger partial charge in [-0.2, -0.15) is 17.4 Å². The van der Waals surface area contributed by atoms with Crippen LogP contribution >= 0.6 is 0 Å². The average molecular weight is 290 g/mol. The molecule has 6 nitrogen and oxygen atoms in total. The molecule has 2 heterocycles. The molecular weight excluding hydrogens is 268 g/mol. The maximum Gasteiger partial charge on any atom is 0.279 e. The molecule has 2 saturated heterocycles. The van der Waals surface area contributed by atoms with Gasteiger partial charge in [-0.05, 0) is 32.1 Å². The van der Waals surface area contributed by atoms with Gasteiger partial charge in [-0.25, -0.2) is 0 Å². The second-order valence-corrected chi connectivity index (χ2v) is 7.26. The van der Waals surface area contributed by atoms with Crippen LogP contribution in [0.25, 0.3) is 0 Å². The standard InChI is InChI=1S/C12H22N2O4S/c15-19(16,14-5-1-2-6-14)13-10-3-4-11-12(9-10)18-8-7-17-11/h10-13H,1-9H2. The average Bonchev–Trinajstić information content (AvgIpc) is 2.93. The van der Waals surface area contributed by atoms with Gasteiger partial charge in [0.2, 0.25) is 0 Å². The Morgan fingerprint density at radius 2 is 1.68 bits per heavy atom. The summed E-state index contributed by atoms with van der Waals surface area (Å²) in [5.41, 5.74) is 0. The summed E-state index contributed by atoms with van der Waals surface area (Å²) in [6.45, 7) is 2.57.